The first kappa shape index (κ1) is 17.7. The monoisotopic (exact) mass is 350 g/mol. The lowest BCUT2D eigenvalue weighted by atomic mass is 9.92. The Balaban J connectivity index is 1.85. The van der Waals surface area contributed by atoms with Crippen molar-refractivity contribution in [1.82, 2.24) is 9.97 Å². The number of aromatic nitrogens is 2. The number of hydrogen-bond donors (Lipinski definition) is 2. The third-order valence-corrected chi connectivity index (χ3v) is 4.75. The van der Waals surface area contributed by atoms with Crippen molar-refractivity contribution >= 4 is 23.3 Å². The molecule has 0 spiro atoms. The molecule has 0 aromatic carbocycles. The Morgan fingerprint density at radius 2 is 2.08 bits per heavy atom. The lowest BCUT2D eigenvalue weighted by molar-refractivity contribution is -0.383. The van der Waals surface area contributed by atoms with Crippen molar-refractivity contribution < 1.29 is 9.66 Å². The number of rotatable bonds is 5. The Morgan fingerprint density at radius 3 is 2.68 bits per heavy atom. The van der Waals surface area contributed by atoms with Gasteiger partial charge in [-0.3, -0.25) is 10.1 Å². The Morgan fingerprint density at radius 1 is 1.36 bits per heavy atom. The van der Waals surface area contributed by atoms with Crippen LogP contribution in [-0.2, 0) is 4.74 Å². The van der Waals surface area contributed by atoms with E-state index in [1.165, 1.54) is 0 Å². The SMILES string of the molecule is CC1CC(C)CN(c2nc(N)c([N+](=O)[O-])c(NCC3CCCO3)n2)C1. The van der Waals surface area contributed by atoms with Crippen LogP contribution in [0.2, 0.25) is 0 Å². The molecule has 2 saturated heterocycles. The van der Waals surface area contributed by atoms with Crippen LogP contribution in [0.15, 0.2) is 0 Å². The molecule has 2 aliphatic heterocycles. The second-order valence-electron chi connectivity index (χ2n) is 7.23. The minimum absolute atomic E-state index is 0.0503. The van der Waals surface area contributed by atoms with Gasteiger partial charge in [-0.25, -0.2) is 0 Å². The summed E-state index contributed by atoms with van der Waals surface area (Å²) in [6.45, 7) is 7.24. The molecule has 0 saturated carbocycles. The van der Waals surface area contributed by atoms with E-state index in [0.717, 1.165) is 39.0 Å². The Labute approximate surface area is 147 Å². The minimum atomic E-state index is -0.529. The summed E-state index contributed by atoms with van der Waals surface area (Å²) in [6.07, 6.45) is 3.16. The largest absolute Gasteiger partial charge is 0.378 e. The van der Waals surface area contributed by atoms with Crippen LogP contribution in [0.3, 0.4) is 0 Å². The van der Waals surface area contributed by atoms with Crippen molar-refractivity contribution in [1.29, 1.82) is 0 Å². The molecule has 1 aromatic heterocycles. The number of hydrogen-bond acceptors (Lipinski definition) is 8. The van der Waals surface area contributed by atoms with Crippen LogP contribution >= 0.6 is 0 Å². The van der Waals surface area contributed by atoms with E-state index < -0.39 is 4.92 Å². The van der Waals surface area contributed by atoms with Gasteiger partial charge in [0, 0.05) is 26.2 Å². The van der Waals surface area contributed by atoms with Crippen molar-refractivity contribution in [2.45, 2.75) is 39.2 Å². The maximum absolute atomic E-state index is 11.4. The molecule has 3 atom stereocenters. The highest BCUT2D eigenvalue weighted by Crippen LogP contribution is 2.32. The van der Waals surface area contributed by atoms with Crippen LogP contribution in [0.4, 0.5) is 23.3 Å². The van der Waals surface area contributed by atoms with Crippen molar-refractivity contribution in [2.75, 3.05) is 42.2 Å². The lowest BCUT2D eigenvalue weighted by Crippen LogP contribution is -2.40. The zero-order valence-electron chi connectivity index (χ0n) is 14.8. The second kappa shape index (κ2) is 7.38. The molecule has 25 heavy (non-hydrogen) atoms. The van der Waals surface area contributed by atoms with Crippen molar-refractivity contribution in [3.63, 3.8) is 0 Å². The predicted molar refractivity (Wildman–Crippen MR) is 95.7 cm³/mol. The van der Waals surface area contributed by atoms with Crippen LogP contribution in [0, 0.1) is 22.0 Å². The zero-order valence-corrected chi connectivity index (χ0v) is 14.8. The standard InChI is InChI=1S/C16H26N6O3/c1-10-6-11(2)9-21(8-10)16-19-14(17)13(22(23)24)15(20-16)18-7-12-4-3-5-25-12/h10-12H,3-9H2,1-2H3,(H3,17,18,19,20). The van der Waals surface area contributed by atoms with E-state index in [4.69, 9.17) is 10.5 Å². The molecule has 3 heterocycles. The molecule has 0 amide bonds. The molecule has 2 aliphatic rings. The molecule has 138 valence electrons. The van der Waals surface area contributed by atoms with Gasteiger partial charge in [0.1, 0.15) is 0 Å². The molecule has 3 unspecified atom stereocenters. The van der Waals surface area contributed by atoms with E-state index in [0.29, 0.717) is 24.3 Å². The third-order valence-electron chi connectivity index (χ3n) is 4.75. The van der Waals surface area contributed by atoms with Crippen molar-refractivity contribution in [2.24, 2.45) is 11.8 Å². The highest BCUT2D eigenvalue weighted by atomic mass is 16.6. The number of nitrogen functional groups attached to an aromatic ring is 1. The number of anilines is 3. The van der Waals surface area contributed by atoms with Crippen LogP contribution in [-0.4, -0.2) is 47.2 Å². The summed E-state index contributed by atoms with van der Waals surface area (Å²) in [5.74, 6) is 1.57. The average molecular weight is 350 g/mol. The van der Waals surface area contributed by atoms with Gasteiger partial charge < -0.3 is 20.7 Å². The molecule has 1 aromatic rings. The lowest BCUT2D eigenvalue weighted by Gasteiger charge is -2.35. The number of nitrogens with two attached hydrogens (primary N) is 1. The van der Waals surface area contributed by atoms with Gasteiger partial charge in [0.05, 0.1) is 11.0 Å². The van der Waals surface area contributed by atoms with E-state index in [-0.39, 0.29) is 23.4 Å². The first-order valence-corrected chi connectivity index (χ1v) is 8.86. The highest BCUT2D eigenvalue weighted by molar-refractivity contribution is 5.70. The summed E-state index contributed by atoms with van der Waals surface area (Å²) in [5.41, 5.74) is 5.63. The molecule has 9 heteroatoms. The van der Waals surface area contributed by atoms with Gasteiger partial charge in [-0.1, -0.05) is 13.8 Å². The van der Waals surface area contributed by atoms with Gasteiger partial charge >= 0.3 is 5.69 Å². The number of nitro groups is 1. The van der Waals surface area contributed by atoms with Crippen molar-refractivity contribution in [3.8, 4) is 0 Å². The minimum Gasteiger partial charge on any atom is -0.378 e. The molecule has 0 radical (unpaired) electrons. The quantitative estimate of drug-likeness (QED) is 0.611. The summed E-state index contributed by atoms with van der Waals surface area (Å²) in [6, 6.07) is 0. The summed E-state index contributed by atoms with van der Waals surface area (Å²) in [7, 11) is 0. The molecular weight excluding hydrogens is 324 g/mol. The number of piperidine rings is 1. The highest BCUT2D eigenvalue weighted by Gasteiger charge is 2.29. The van der Waals surface area contributed by atoms with Crippen molar-refractivity contribution in [3.05, 3.63) is 10.1 Å². The smallest absolute Gasteiger partial charge is 0.353 e. The Kier molecular flexibility index (Phi) is 5.22. The van der Waals surface area contributed by atoms with Gasteiger partial charge in [0.25, 0.3) is 0 Å². The predicted octanol–water partition coefficient (Wildman–Crippen LogP) is 2.04. The molecule has 3 N–H and O–H groups in total. The van der Waals surface area contributed by atoms with Crippen LogP contribution in [0.5, 0.6) is 0 Å². The van der Waals surface area contributed by atoms with E-state index in [1.54, 1.807) is 0 Å². The summed E-state index contributed by atoms with van der Waals surface area (Å²) >= 11 is 0. The maximum Gasteiger partial charge on any atom is 0.353 e. The molecule has 9 nitrogen and oxygen atoms in total. The number of nitrogens with one attached hydrogen (secondary N) is 1. The van der Waals surface area contributed by atoms with Gasteiger partial charge in [0.15, 0.2) is 0 Å². The molecule has 0 bridgehead atoms. The first-order chi connectivity index (χ1) is 11.9. The van der Waals surface area contributed by atoms with E-state index >= 15 is 0 Å². The first-order valence-electron chi connectivity index (χ1n) is 8.86. The van der Waals surface area contributed by atoms with E-state index in [1.807, 2.05) is 0 Å². The summed E-state index contributed by atoms with van der Waals surface area (Å²) < 4.78 is 5.56. The van der Waals surface area contributed by atoms with E-state index in [9.17, 15) is 10.1 Å². The summed E-state index contributed by atoms with van der Waals surface area (Å²) in [5, 5.41) is 14.4. The van der Waals surface area contributed by atoms with Crippen LogP contribution < -0.4 is 16.0 Å². The fraction of sp³-hybridized carbons (Fsp3) is 0.750. The average Bonchev–Trinajstić information content (AvgIpc) is 3.04. The van der Waals surface area contributed by atoms with Gasteiger partial charge in [-0.05, 0) is 31.1 Å². The number of nitrogens with zero attached hydrogens (tertiary/aromatic N) is 4. The van der Waals surface area contributed by atoms with Gasteiger partial charge in [-0.2, -0.15) is 9.97 Å². The van der Waals surface area contributed by atoms with Crippen LogP contribution in [0.1, 0.15) is 33.1 Å². The molecular formula is C16H26N6O3. The molecule has 3 rings (SSSR count). The Bertz CT molecular complexity index is 625. The maximum atomic E-state index is 11.4. The topological polar surface area (TPSA) is 119 Å². The fourth-order valence-corrected chi connectivity index (χ4v) is 3.75. The second-order valence-corrected chi connectivity index (χ2v) is 7.23. The molecule has 2 fully saturated rings. The fourth-order valence-electron chi connectivity index (χ4n) is 3.75. The Hall–Kier alpha value is -2.16. The third kappa shape index (κ3) is 4.09. The molecule has 0 aliphatic carbocycles. The van der Waals surface area contributed by atoms with Gasteiger partial charge in [0.2, 0.25) is 17.6 Å². The number of ether oxygens (including phenoxy) is 1. The summed E-state index contributed by atoms with van der Waals surface area (Å²) in [4.78, 5) is 21.6. The normalized spacial score (nSPS) is 26.6. The zero-order chi connectivity index (χ0) is 18.0. The van der Waals surface area contributed by atoms with Crippen LogP contribution in [0.25, 0.3) is 0 Å². The van der Waals surface area contributed by atoms with E-state index in [2.05, 4.69) is 34.0 Å². The van der Waals surface area contributed by atoms with Gasteiger partial charge in [-0.15, -0.1) is 0 Å².